The zero-order valence-electron chi connectivity index (χ0n) is 6.41. The first-order chi connectivity index (χ1) is 5.65. The lowest BCUT2D eigenvalue weighted by molar-refractivity contribution is -0.150. The lowest BCUT2D eigenvalue weighted by Gasteiger charge is -2.05. The fourth-order valence-corrected chi connectivity index (χ4v) is 0.997. The van der Waals surface area contributed by atoms with Crippen molar-refractivity contribution >= 4 is 17.5 Å². The average molecular weight is 168 g/mol. The first-order valence-electron chi connectivity index (χ1n) is 3.55. The highest BCUT2D eigenvalue weighted by atomic mass is 16.5. The van der Waals surface area contributed by atoms with Gasteiger partial charge in [-0.05, 0) is 6.42 Å². The first-order valence-corrected chi connectivity index (χ1v) is 3.55. The van der Waals surface area contributed by atoms with Crippen LogP contribution >= 0.6 is 0 Å². The van der Waals surface area contributed by atoms with E-state index in [1.807, 2.05) is 0 Å². The Kier molecular flexibility index (Phi) is 2.38. The molecule has 0 aromatic heterocycles. The third-order valence-corrected chi connectivity index (χ3v) is 1.63. The van der Waals surface area contributed by atoms with E-state index in [1.54, 1.807) is 0 Å². The summed E-state index contributed by atoms with van der Waals surface area (Å²) in [6.07, 6.45) is 0.573. The fraction of sp³-hybridized carbons (Fsp3) is 0.375. The Hall–Kier alpha value is -1.45. The molecule has 0 bridgehead atoms. The van der Waals surface area contributed by atoms with E-state index in [0.29, 0.717) is 6.42 Å². The maximum atomic E-state index is 10.9. The van der Waals surface area contributed by atoms with Crippen LogP contribution < -0.4 is 0 Å². The molecule has 1 rings (SSSR count). The summed E-state index contributed by atoms with van der Waals surface area (Å²) in [4.78, 5) is 32.2. The second kappa shape index (κ2) is 3.30. The predicted molar refractivity (Wildman–Crippen MR) is 39.3 cm³/mol. The van der Waals surface area contributed by atoms with E-state index >= 15 is 0 Å². The van der Waals surface area contributed by atoms with Crippen molar-refractivity contribution in [3.8, 4) is 0 Å². The van der Waals surface area contributed by atoms with Crippen LogP contribution in [-0.4, -0.2) is 23.6 Å². The molecule has 1 fully saturated rings. The maximum absolute atomic E-state index is 10.9. The fourth-order valence-electron chi connectivity index (χ4n) is 0.997. The van der Waals surface area contributed by atoms with Crippen LogP contribution in [0, 0.1) is 0 Å². The van der Waals surface area contributed by atoms with Gasteiger partial charge in [-0.25, -0.2) is 4.79 Å². The van der Waals surface area contributed by atoms with Gasteiger partial charge in [0.1, 0.15) is 0 Å². The second-order valence-electron chi connectivity index (χ2n) is 2.46. The van der Waals surface area contributed by atoms with Gasteiger partial charge in [0, 0.05) is 12.5 Å². The summed E-state index contributed by atoms with van der Waals surface area (Å²) in [6, 6.07) is 0. The summed E-state index contributed by atoms with van der Waals surface area (Å²) in [5, 5.41) is 0. The van der Waals surface area contributed by atoms with Crippen LogP contribution in [0.25, 0.3) is 0 Å². The molecule has 0 heterocycles. The molecule has 0 aromatic rings. The van der Waals surface area contributed by atoms with E-state index in [4.69, 9.17) is 0 Å². The summed E-state index contributed by atoms with van der Waals surface area (Å²) in [5.41, 5.74) is 0. The molecule has 64 valence electrons. The Balaban J connectivity index is 2.55. The molecule has 0 saturated heterocycles. The first kappa shape index (κ1) is 8.64. The van der Waals surface area contributed by atoms with Crippen LogP contribution in [0.2, 0.25) is 0 Å². The second-order valence-corrected chi connectivity index (χ2v) is 2.46. The number of esters is 1. The Labute approximate surface area is 69.2 Å². The zero-order valence-corrected chi connectivity index (χ0v) is 6.41. The number of carbonyl (C=O) groups is 3. The van der Waals surface area contributed by atoms with Crippen molar-refractivity contribution in [3.63, 3.8) is 0 Å². The number of hydrogen-bond donors (Lipinski definition) is 0. The van der Waals surface area contributed by atoms with Crippen LogP contribution in [0.15, 0.2) is 12.7 Å². The van der Waals surface area contributed by atoms with Gasteiger partial charge < -0.3 is 4.74 Å². The summed E-state index contributed by atoms with van der Waals surface area (Å²) >= 11 is 0. The summed E-state index contributed by atoms with van der Waals surface area (Å²) in [5.74, 6) is -1.73. The Morgan fingerprint density at radius 2 is 2.25 bits per heavy atom. The largest absolute Gasteiger partial charge is 0.451 e. The molecular weight excluding hydrogens is 160 g/mol. The normalized spacial score (nSPS) is 22.5. The molecule has 0 N–H and O–H groups in total. The lowest BCUT2D eigenvalue weighted by atomic mass is 10.3. The van der Waals surface area contributed by atoms with E-state index in [-0.39, 0.29) is 6.42 Å². The van der Waals surface area contributed by atoms with Gasteiger partial charge in [0.2, 0.25) is 11.6 Å². The molecule has 1 aliphatic rings. The van der Waals surface area contributed by atoms with Crippen molar-refractivity contribution in [2.24, 2.45) is 0 Å². The van der Waals surface area contributed by atoms with E-state index in [0.717, 1.165) is 6.08 Å². The van der Waals surface area contributed by atoms with Crippen molar-refractivity contribution in [2.45, 2.75) is 18.9 Å². The topological polar surface area (TPSA) is 60.4 Å². The van der Waals surface area contributed by atoms with Gasteiger partial charge >= 0.3 is 5.97 Å². The molecule has 4 nitrogen and oxygen atoms in total. The van der Waals surface area contributed by atoms with E-state index < -0.39 is 23.6 Å². The molecule has 0 amide bonds. The number of Topliss-reactive ketones (excluding diaryl/α,β-unsaturated/α-hetero) is 2. The smallest absolute Gasteiger partial charge is 0.330 e. The van der Waals surface area contributed by atoms with Crippen LogP contribution in [0.5, 0.6) is 0 Å². The van der Waals surface area contributed by atoms with E-state index in [2.05, 4.69) is 11.3 Å². The molecular formula is C8H8O4. The number of hydrogen-bond acceptors (Lipinski definition) is 4. The van der Waals surface area contributed by atoms with Gasteiger partial charge in [-0.1, -0.05) is 6.58 Å². The van der Waals surface area contributed by atoms with Crippen LogP contribution in [0.3, 0.4) is 0 Å². The van der Waals surface area contributed by atoms with Gasteiger partial charge in [0.25, 0.3) is 0 Å². The number of ether oxygens (including phenoxy) is 1. The molecule has 4 heteroatoms. The van der Waals surface area contributed by atoms with Gasteiger partial charge in [-0.15, -0.1) is 0 Å². The number of carbonyl (C=O) groups excluding carboxylic acids is 3. The third-order valence-electron chi connectivity index (χ3n) is 1.63. The van der Waals surface area contributed by atoms with Crippen molar-refractivity contribution in [2.75, 3.05) is 0 Å². The highest BCUT2D eigenvalue weighted by molar-refractivity contribution is 6.41. The van der Waals surface area contributed by atoms with Crippen molar-refractivity contribution in [3.05, 3.63) is 12.7 Å². The van der Waals surface area contributed by atoms with Crippen molar-refractivity contribution in [1.29, 1.82) is 0 Å². The third kappa shape index (κ3) is 1.58. The highest BCUT2D eigenvalue weighted by Gasteiger charge is 2.34. The molecule has 12 heavy (non-hydrogen) atoms. The lowest BCUT2D eigenvalue weighted by Crippen LogP contribution is -2.24. The summed E-state index contributed by atoms with van der Waals surface area (Å²) in [7, 11) is 0. The number of ketones is 2. The van der Waals surface area contributed by atoms with Gasteiger partial charge in [0.15, 0.2) is 6.10 Å². The minimum atomic E-state index is -0.872. The molecule has 1 saturated carbocycles. The van der Waals surface area contributed by atoms with Crippen molar-refractivity contribution in [1.82, 2.24) is 0 Å². The Morgan fingerprint density at radius 3 is 2.67 bits per heavy atom. The monoisotopic (exact) mass is 168 g/mol. The molecule has 1 aliphatic carbocycles. The maximum Gasteiger partial charge on any atom is 0.330 e. The van der Waals surface area contributed by atoms with Crippen molar-refractivity contribution < 1.29 is 19.1 Å². The standard InChI is InChI=1S/C8H8O4/c1-2-7(10)12-6-4-3-5(9)8(6)11/h2,6H,1,3-4H2. The minimum Gasteiger partial charge on any atom is -0.451 e. The highest BCUT2D eigenvalue weighted by Crippen LogP contribution is 2.14. The summed E-state index contributed by atoms with van der Waals surface area (Å²) in [6.45, 7) is 3.18. The predicted octanol–water partition coefficient (Wildman–Crippen LogP) is 0.0162. The van der Waals surface area contributed by atoms with Gasteiger partial charge in [-0.2, -0.15) is 0 Å². The van der Waals surface area contributed by atoms with Crippen LogP contribution in [0.1, 0.15) is 12.8 Å². The molecule has 0 spiro atoms. The molecule has 1 unspecified atom stereocenters. The Bertz CT molecular complexity index is 254. The quantitative estimate of drug-likeness (QED) is 0.331. The van der Waals surface area contributed by atoms with E-state index in [1.165, 1.54) is 0 Å². The van der Waals surface area contributed by atoms with Crippen LogP contribution in [0.4, 0.5) is 0 Å². The van der Waals surface area contributed by atoms with Gasteiger partial charge in [0.05, 0.1) is 0 Å². The van der Waals surface area contributed by atoms with E-state index in [9.17, 15) is 14.4 Å². The molecule has 0 aliphatic heterocycles. The zero-order chi connectivity index (χ0) is 9.14. The molecule has 0 aromatic carbocycles. The minimum absolute atomic E-state index is 0.175. The number of rotatable bonds is 2. The van der Waals surface area contributed by atoms with Crippen LogP contribution in [-0.2, 0) is 19.1 Å². The van der Waals surface area contributed by atoms with Gasteiger partial charge in [-0.3, -0.25) is 9.59 Å². The molecule has 1 atom stereocenters. The molecule has 0 radical (unpaired) electrons. The summed E-state index contributed by atoms with van der Waals surface area (Å²) < 4.78 is 4.62. The SMILES string of the molecule is C=CC(=O)OC1CCC(=O)C1=O. The Morgan fingerprint density at radius 1 is 1.58 bits per heavy atom. The average Bonchev–Trinajstić information content (AvgIpc) is 2.36.